The molecule has 1 aliphatic rings. The van der Waals surface area contributed by atoms with Crippen molar-refractivity contribution in [1.29, 1.82) is 0 Å². The molecule has 0 aromatic heterocycles. The van der Waals surface area contributed by atoms with Gasteiger partial charge in [0.1, 0.15) is 5.82 Å². The highest BCUT2D eigenvalue weighted by molar-refractivity contribution is 7.89. The number of rotatable bonds is 3. The first kappa shape index (κ1) is 16.6. The van der Waals surface area contributed by atoms with Crippen LogP contribution in [0.25, 0.3) is 0 Å². The van der Waals surface area contributed by atoms with Gasteiger partial charge in [-0.2, -0.15) is 0 Å². The standard InChI is InChI=1S/C17H17FN2O3S/c18-15-5-1-12(2-6-15)14-9-10-20(11-14)17(21)13-3-7-16(8-4-13)24(19,22)23/h1-8,14H,9-11H2,(H2,19,22,23)/t14-/m0/s1. The molecule has 7 heteroatoms. The smallest absolute Gasteiger partial charge is 0.253 e. The lowest BCUT2D eigenvalue weighted by molar-refractivity contribution is 0.0790. The molecule has 0 aliphatic carbocycles. The van der Waals surface area contributed by atoms with Gasteiger partial charge < -0.3 is 4.90 Å². The molecule has 1 heterocycles. The Morgan fingerprint density at radius 3 is 2.29 bits per heavy atom. The summed E-state index contributed by atoms with van der Waals surface area (Å²) < 4.78 is 35.5. The summed E-state index contributed by atoms with van der Waals surface area (Å²) in [6.45, 7) is 1.17. The monoisotopic (exact) mass is 348 g/mol. The largest absolute Gasteiger partial charge is 0.338 e. The minimum atomic E-state index is -3.77. The number of carbonyl (C=O) groups excluding carboxylic acids is 1. The molecule has 2 aromatic carbocycles. The number of hydrogen-bond acceptors (Lipinski definition) is 3. The number of hydrogen-bond donors (Lipinski definition) is 1. The summed E-state index contributed by atoms with van der Waals surface area (Å²) >= 11 is 0. The zero-order valence-corrected chi connectivity index (χ0v) is 13.7. The Hall–Kier alpha value is -2.25. The number of nitrogens with zero attached hydrogens (tertiary/aromatic N) is 1. The van der Waals surface area contributed by atoms with Gasteiger partial charge in [0.05, 0.1) is 4.90 Å². The van der Waals surface area contributed by atoms with E-state index in [0.29, 0.717) is 18.7 Å². The third kappa shape index (κ3) is 3.47. The van der Waals surface area contributed by atoms with Crippen LogP contribution in [0.15, 0.2) is 53.4 Å². The van der Waals surface area contributed by atoms with Crippen molar-refractivity contribution in [1.82, 2.24) is 4.90 Å². The van der Waals surface area contributed by atoms with Gasteiger partial charge >= 0.3 is 0 Å². The predicted molar refractivity (Wildman–Crippen MR) is 87.5 cm³/mol. The van der Waals surface area contributed by atoms with Crippen LogP contribution in [0.4, 0.5) is 4.39 Å². The zero-order valence-electron chi connectivity index (χ0n) is 12.9. The van der Waals surface area contributed by atoms with E-state index >= 15 is 0 Å². The number of carbonyl (C=O) groups is 1. The minimum absolute atomic E-state index is 0.0235. The van der Waals surface area contributed by atoms with Gasteiger partial charge in [0, 0.05) is 24.6 Å². The Morgan fingerprint density at radius 1 is 1.08 bits per heavy atom. The maximum atomic E-state index is 13.0. The van der Waals surface area contributed by atoms with Crippen LogP contribution in [0.1, 0.15) is 28.3 Å². The zero-order chi connectivity index (χ0) is 17.3. The third-order valence-electron chi connectivity index (χ3n) is 4.25. The lowest BCUT2D eigenvalue weighted by Crippen LogP contribution is -2.28. The number of halogens is 1. The van der Waals surface area contributed by atoms with Gasteiger partial charge in [0.25, 0.3) is 5.91 Å². The number of likely N-dealkylation sites (tertiary alicyclic amines) is 1. The third-order valence-corrected chi connectivity index (χ3v) is 5.18. The van der Waals surface area contributed by atoms with E-state index < -0.39 is 10.0 Å². The van der Waals surface area contributed by atoms with Crippen molar-refractivity contribution in [3.8, 4) is 0 Å². The summed E-state index contributed by atoms with van der Waals surface area (Å²) in [5.74, 6) is -0.251. The van der Waals surface area contributed by atoms with Crippen LogP contribution >= 0.6 is 0 Å². The Balaban J connectivity index is 1.71. The fraction of sp³-hybridized carbons (Fsp3) is 0.235. The topological polar surface area (TPSA) is 80.5 Å². The summed E-state index contributed by atoms with van der Waals surface area (Å²) in [5, 5.41) is 5.05. The van der Waals surface area contributed by atoms with Crippen LogP contribution in [0.5, 0.6) is 0 Å². The summed E-state index contributed by atoms with van der Waals surface area (Å²) in [5.41, 5.74) is 1.43. The lowest BCUT2D eigenvalue weighted by atomic mass is 9.99. The van der Waals surface area contributed by atoms with Crippen molar-refractivity contribution in [3.63, 3.8) is 0 Å². The van der Waals surface area contributed by atoms with E-state index in [2.05, 4.69) is 0 Å². The van der Waals surface area contributed by atoms with Crippen molar-refractivity contribution in [2.45, 2.75) is 17.2 Å². The van der Waals surface area contributed by atoms with E-state index in [4.69, 9.17) is 5.14 Å². The first-order valence-electron chi connectivity index (χ1n) is 7.52. The van der Waals surface area contributed by atoms with Crippen LogP contribution in [0.2, 0.25) is 0 Å². The molecule has 0 bridgehead atoms. The molecule has 0 unspecified atom stereocenters. The average molecular weight is 348 g/mol. The second kappa shape index (κ2) is 6.33. The highest BCUT2D eigenvalue weighted by Crippen LogP contribution is 2.28. The highest BCUT2D eigenvalue weighted by Gasteiger charge is 2.28. The van der Waals surface area contributed by atoms with Crippen LogP contribution < -0.4 is 5.14 Å². The molecule has 1 saturated heterocycles. The molecule has 126 valence electrons. The van der Waals surface area contributed by atoms with Gasteiger partial charge in [0.15, 0.2) is 0 Å². The normalized spacial score (nSPS) is 17.9. The van der Waals surface area contributed by atoms with Gasteiger partial charge in [-0.3, -0.25) is 4.79 Å². The molecule has 1 aliphatic heterocycles. The lowest BCUT2D eigenvalue weighted by Gasteiger charge is -2.17. The fourth-order valence-electron chi connectivity index (χ4n) is 2.92. The summed E-state index contributed by atoms with van der Waals surface area (Å²) in [6, 6.07) is 11.9. The number of benzene rings is 2. The molecule has 24 heavy (non-hydrogen) atoms. The maximum Gasteiger partial charge on any atom is 0.253 e. The maximum absolute atomic E-state index is 13.0. The van der Waals surface area contributed by atoms with Gasteiger partial charge in [0.2, 0.25) is 10.0 Å². The molecule has 0 saturated carbocycles. The summed E-state index contributed by atoms with van der Waals surface area (Å²) in [6.07, 6.45) is 0.812. The van der Waals surface area contributed by atoms with E-state index in [9.17, 15) is 17.6 Å². The van der Waals surface area contributed by atoms with E-state index in [1.54, 1.807) is 17.0 Å². The van der Waals surface area contributed by atoms with Crippen LogP contribution in [0.3, 0.4) is 0 Å². The van der Waals surface area contributed by atoms with Crippen molar-refractivity contribution in [3.05, 3.63) is 65.5 Å². The molecule has 0 radical (unpaired) electrons. The Labute approximate surface area is 139 Å². The Kier molecular flexibility index (Phi) is 4.38. The van der Waals surface area contributed by atoms with Crippen molar-refractivity contribution < 1.29 is 17.6 Å². The fourth-order valence-corrected chi connectivity index (χ4v) is 3.44. The quantitative estimate of drug-likeness (QED) is 0.922. The highest BCUT2D eigenvalue weighted by atomic mass is 32.2. The van der Waals surface area contributed by atoms with Crippen molar-refractivity contribution >= 4 is 15.9 Å². The van der Waals surface area contributed by atoms with Gasteiger partial charge in [-0.1, -0.05) is 12.1 Å². The van der Waals surface area contributed by atoms with Gasteiger partial charge in [-0.05, 0) is 48.4 Å². The van der Waals surface area contributed by atoms with E-state index in [1.807, 2.05) is 0 Å². The van der Waals surface area contributed by atoms with E-state index in [1.165, 1.54) is 36.4 Å². The molecule has 1 amide bonds. The second-order valence-corrected chi connectivity index (χ2v) is 7.42. The molecular weight excluding hydrogens is 331 g/mol. The first-order valence-corrected chi connectivity index (χ1v) is 9.07. The van der Waals surface area contributed by atoms with Crippen LogP contribution in [-0.4, -0.2) is 32.3 Å². The molecule has 1 fully saturated rings. The van der Waals surface area contributed by atoms with E-state index in [0.717, 1.165) is 12.0 Å². The molecule has 2 N–H and O–H groups in total. The van der Waals surface area contributed by atoms with Crippen molar-refractivity contribution in [2.24, 2.45) is 5.14 Å². The molecule has 5 nitrogen and oxygen atoms in total. The van der Waals surface area contributed by atoms with Crippen molar-refractivity contribution in [2.75, 3.05) is 13.1 Å². The Bertz CT molecular complexity index is 848. The number of primary sulfonamides is 1. The Morgan fingerprint density at radius 2 is 1.71 bits per heavy atom. The SMILES string of the molecule is NS(=O)(=O)c1ccc(C(=O)N2CC[C@H](c3ccc(F)cc3)C2)cc1. The molecule has 1 atom stereocenters. The van der Waals surface area contributed by atoms with Gasteiger partial charge in [-0.25, -0.2) is 17.9 Å². The number of sulfonamides is 1. The molecular formula is C17H17FN2O3S. The summed E-state index contributed by atoms with van der Waals surface area (Å²) in [7, 11) is -3.77. The van der Waals surface area contributed by atoms with Crippen LogP contribution in [0, 0.1) is 5.82 Å². The minimum Gasteiger partial charge on any atom is -0.338 e. The first-order chi connectivity index (χ1) is 11.3. The van der Waals surface area contributed by atoms with E-state index in [-0.39, 0.29) is 22.5 Å². The van der Waals surface area contributed by atoms with Gasteiger partial charge in [-0.15, -0.1) is 0 Å². The second-order valence-electron chi connectivity index (χ2n) is 5.86. The molecule has 3 rings (SSSR count). The number of amides is 1. The average Bonchev–Trinajstić information content (AvgIpc) is 3.04. The number of nitrogens with two attached hydrogens (primary N) is 1. The van der Waals surface area contributed by atoms with Crippen LogP contribution in [-0.2, 0) is 10.0 Å². The molecule has 0 spiro atoms. The summed E-state index contributed by atoms with van der Waals surface area (Å²) in [4.78, 5) is 14.2. The predicted octanol–water partition coefficient (Wildman–Crippen LogP) is 2.10. The molecule has 2 aromatic rings.